The Labute approximate surface area is 181 Å². The Bertz CT molecular complexity index is 611. The van der Waals surface area contributed by atoms with Gasteiger partial charge in [-0.2, -0.15) is 0 Å². The number of nitrogens with one attached hydrogen (secondary N) is 2. The van der Waals surface area contributed by atoms with Crippen LogP contribution in [-0.4, -0.2) is 53.4 Å². The van der Waals surface area contributed by atoms with Crippen LogP contribution in [-0.2, 0) is 4.79 Å². The molecule has 0 spiro atoms. The van der Waals surface area contributed by atoms with E-state index in [0.717, 1.165) is 70.8 Å². The zero-order chi connectivity index (χ0) is 21.3. The summed E-state index contributed by atoms with van der Waals surface area (Å²) in [5.74, 6) is 1.90. The van der Waals surface area contributed by atoms with E-state index >= 15 is 0 Å². The van der Waals surface area contributed by atoms with Crippen LogP contribution in [0, 0.1) is 23.2 Å². The van der Waals surface area contributed by atoms with Gasteiger partial charge in [0.05, 0.1) is 11.9 Å². The summed E-state index contributed by atoms with van der Waals surface area (Å²) in [6.45, 7) is 0.992. The molecule has 1 saturated heterocycles. The van der Waals surface area contributed by atoms with E-state index in [2.05, 4.69) is 10.2 Å². The fraction of sp³-hybridized carbons (Fsp3) is 0.913. The van der Waals surface area contributed by atoms with E-state index in [1.54, 1.807) is 0 Å². The number of carbonyl (C=O) groups is 1. The molecule has 0 bridgehead atoms. The van der Waals surface area contributed by atoms with Gasteiger partial charge < -0.3 is 22.5 Å². The van der Waals surface area contributed by atoms with Crippen LogP contribution in [0.5, 0.6) is 0 Å². The van der Waals surface area contributed by atoms with Crippen LogP contribution >= 0.6 is 0 Å². The topological polar surface area (TPSA) is 134 Å². The summed E-state index contributed by atoms with van der Waals surface area (Å²) in [6.07, 6.45) is 12.5. The van der Waals surface area contributed by atoms with Crippen LogP contribution in [0.15, 0.2) is 0 Å². The van der Waals surface area contributed by atoms with Gasteiger partial charge in [0.25, 0.3) is 0 Å². The van der Waals surface area contributed by atoms with Crippen LogP contribution in [0.25, 0.3) is 0 Å². The second-order valence-corrected chi connectivity index (χ2v) is 10.6. The van der Waals surface area contributed by atoms with Crippen LogP contribution < -0.4 is 22.5 Å². The molecular weight excluding hydrogens is 376 g/mol. The minimum absolute atomic E-state index is 0.0306. The van der Waals surface area contributed by atoms with Crippen LogP contribution in [0.2, 0.25) is 0 Å². The fourth-order valence-corrected chi connectivity index (χ4v) is 6.58. The quantitative estimate of drug-likeness (QED) is 0.342. The van der Waals surface area contributed by atoms with Crippen LogP contribution in [0.1, 0.15) is 77.0 Å². The number of amides is 1. The third-order valence-electron chi connectivity index (χ3n) is 8.53. The van der Waals surface area contributed by atoms with E-state index in [9.17, 15) is 4.79 Å². The molecule has 4 fully saturated rings. The Kier molecular flexibility index (Phi) is 7.00. The summed E-state index contributed by atoms with van der Waals surface area (Å²) in [5.41, 5.74) is 18.1. The molecule has 1 amide bonds. The number of likely N-dealkylation sites (tertiary alicyclic amines) is 1. The molecule has 0 radical (unpaired) electrons. The summed E-state index contributed by atoms with van der Waals surface area (Å²) in [7, 11) is 0. The molecule has 3 saturated carbocycles. The molecule has 8 N–H and O–H groups in total. The molecule has 4 rings (SSSR count). The van der Waals surface area contributed by atoms with Gasteiger partial charge in [-0.05, 0) is 88.9 Å². The lowest BCUT2D eigenvalue weighted by Crippen LogP contribution is -2.52. The molecule has 0 aromatic rings. The number of nitrogens with zero attached hydrogens (tertiary/aromatic N) is 1. The summed E-state index contributed by atoms with van der Waals surface area (Å²) in [5, 5.41) is 11.3. The van der Waals surface area contributed by atoms with E-state index in [-0.39, 0.29) is 23.9 Å². The normalized spacial score (nSPS) is 42.5. The van der Waals surface area contributed by atoms with Crippen molar-refractivity contribution in [2.24, 2.45) is 35.0 Å². The highest BCUT2D eigenvalue weighted by Gasteiger charge is 2.48. The molecule has 4 unspecified atom stereocenters. The number of hydrogen-bond donors (Lipinski definition) is 5. The zero-order valence-corrected chi connectivity index (χ0v) is 18.4. The predicted molar refractivity (Wildman–Crippen MR) is 120 cm³/mol. The van der Waals surface area contributed by atoms with Crippen molar-refractivity contribution in [1.82, 2.24) is 10.2 Å². The molecule has 170 valence electrons. The first-order valence-electron chi connectivity index (χ1n) is 12.3. The third kappa shape index (κ3) is 5.00. The summed E-state index contributed by atoms with van der Waals surface area (Å²) >= 11 is 0. The van der Waals surface area contributed by atoms with Crippen molar-refractivity contribution >= 4 is 11.7 Å². The van der Waals surface area contributed by atoms with Gasteiger partial charge in [0.1, 0.15) is 0 Å². The molecule has 0 aromatic carbocycles. The lowest BCUT2D eigenvalue weighted by Gasteiger charge is -2.39. The Morgan fingerprint density at radius 2 is 1.53 bits per heavy atom. The van der Waals surface area contributed by atoms with Crippen molar-refractivity contribution in [1.29, 1.82) is 5.41 Å². The highest BCUT2D eigenvalue weighted by molar-refractivity contribution is 5.83. The van der Waals surface area contributed by atoms with Crippen LogP contribution in [0.3, 0.4) is 0 Å². The zero-order valence-electron chi connectivity index (χ0n) is 18.4. The SMILES string of the molecule is N=C(N)C1CCC2CC(C(=O)NC3CCC(N)CC3)N(CC3CCC(N)CC3)C2C1. The van der Waals surface area contributed by atoms with Gasteiger partial charge in [-0.25, -0.2) is 0 Å². The Balaban J connectivity index is 1.44. The molecule has 4 aliphatic rings. The van der Waals surface area contributed by atoms with Gasteiger partial charge in [-0.1, -0.05) is 0 Å². The van der Waals surface area contributed by atoms with Crippen molar-refractivity contribution < 1.29 is 4.79 Å². The highest BCUT2D eigenvalue weighted by atomic mass is 16.2. The van der Waals surface area contributed by atoms with E-state index in [4.69, 9.17) is 22.6 Å². The third-order valence-corrected chi connectivity index (χ3v) is 8.53. The maximum atomic E-state index is 13.4. The first kappa shape index (κ1) is 22.0. The van der Waals surface area contributed by atoms with Gasteiger partial charge in [-0.15, -0.1) is 0 Å². The van der Waals surface area contributed by atoms with Gasteiger partial charge in [0.2, 0.25) is 5.91 Å². The van der Waals surface area contributed by atoms with E-state index in [1.807, 2.05) is 0 Å². The highest BCUT2D eigenvalue weighted by Crippen LogP contribution is 2.43. The summed E-state index contributed by atoms with van der Waals surface area (Å²) in [6, 6.07) is 1.28. The number of amidine groups is 1. The van der Waals surface area contributed by atoms with Crippen molar-refractivity contribution in [3.05, 3.63) is 0 Å². The average molecular weight is 419 g/mol. The maximum Gasteiger partial charge on any atom is 0.237 e. The molecule has 7 heteroatoms. The first-order valence-corrected chi connectivity index (χ1v) is 12.3. The molecule has 4 atom stereocenters. The van der Waals surface area contributed by atoms with Crippen molar-refractivity contribution in [2.45, 2.75) is 107 Å². The standard InChI is InChI=1S/C23H42N6O/c24-17-5-1-14(2-6-17)13-29-20-12-16(22(26)27)4-3-15(20)11-21(29)23(30)28-19-9-7-18(25)8-10-19/h14-21H,1-13,24-25H2,(H3,26,27)(H,28,30). The van der Waals surface area contributed by atoms with Crippen molar-refractivity contribution in [3.8, 4) is 0 Å². The molecular formula is C23H42N6O. The van der Waals surface area contributed by atoms with Crippen LogP contribution in [0.4, 0.5) is 0 Å². The minimum Gasteiger partial charge on any atom is -0.387 e. The van der Waals surface area contributed by atoms with Gasteiger partial charge in [0, 0.05) is 36.6 Å². The van der Waals surface area contributed by atoms with Gasteiger partial charge in [0.15, 0.2) is 0 Å². The number of nitrogens with two attached hydrogens (primary N) is 3. The van der Waals surface area contributed by atoms with Gasteiger partial charge >= 0.3 is 0 Å². The Hall–Kier alpha value is -1.18. The lowest BCUT2D eigenvalue weighted by atomic mass is 9.77. The molecule has 3 aliphatic carbocycles. The van der Waals surface area contributed by atoms with Crippen molar-refractivity contribution in [3.63, 3.8) is 0 Å². The second kappa shape index (κ2) is 9.53. The minimum atomic E-state index is -0.0306. The van der Waals surface area contributed by atoms with E-state index < -0.39 is 0 Å². The second-order valence-electron chi connectivity index (χ2n) is 10.6. The predicted octanol–water partition coefficient (Wildman–Crippen LogP) is 1.69. The lowest BCUT2D eigenvalue weighted by molar-refractivity contribution is -0.127. The number of carbonyl (C=O) groups excluding carboxylic acids is 1. The smallest absolute Gasteiger partial charge is 0.237 e. The molecule has 1 aliphatic heterocycles. The maximum absolute atomic E-state index is 13.4. The van der Waals surface area contributed by atoms with Gasteiger partial charge in [-0.3, -0.25) is 15.1 Å². The van der Waals surface area contributed by atoms with E-state index in [0.29, 0.717) is 35.8 Å². The van der Waals surface area contributed by atoms with Crippen molar-refractivity contribution in [2.75, 3.05) is 6.54 Å². The monoisotopic (exact) mass is 418 g/mol. The number of hydrogen-bond acceptors (Lipinski definition) is 5. The number of fused-ring (bicyclic) bond motifs is 1. The summed E-state index contributed by atoms with van der Waals surface area (Å²) in [4.78, 5) is 15.9. The summed E-state index contributed by atoms with van der Waals surface area (Å²) < 4.78 is 0. The Morgan fingerprint density at radius 3 is 2.17 bits per heavy atom. The Morgan fingerprint density at radius 1 is 0.900 bits per heavy atom. The molecule has 7 nitrogen and oxygen atoms in total. The molecule has 0 aromatic heterocycles. The first-order chi connectivity index (χ1) is 14.4. The largest absolute Gasteiger partial charge is 0.387 e. The number of rotatable bonds is 5. The van der Waals surface area contributed by atoms with E-state index in [1.165, 1.54) is 12.8 Å². The molecule has 1 heterocycles. The fourth-order valence-electron chi connectivity index (χ4n) is 6.58. The average Bonchev–Trinajstić information content (AvgIpc) is 3.09. The molecule has 30 heavy (non-hydrogen) atoms.